The summed E-state index contributed by atoms with van der Waals surface area (Å²) >= 11 is 5.98. The highest BCUT2D eigenvalue weighted by atomic mass is 35.5. The number of ether oxygens (including phenoxy) is 1. The Morgan fingerprint density at radius 1 is 1.06 bits per heavy atom. The molecule has 2 aromatic rings. The number of fused-ring (bicyclic) bond motifs is 1. The SMILES string of the molecule is O=C(NC1CCCC1)C1CCN(C(=O)c2nnn3c2CO[C@H](c2ccc(Cl)cc2)C3)CC1. The zero-order valence-electron chi connectivity index (χ0n) is 18.0. The fraction of sp³-hybridized carbons (Fsp3) is 0.565. The second kappa shape index (κ2) is 9.19. The molecule has 2 amide bonds. The van der Waals surface area contributed by atoms with Crippen LogP contribution in [0.1, 0.15) is 66.4 Å². The highest BCUT2D eigenvalue weighted by molar-refractivity contribution is 6.30. The highest BCUT2D eigenvalue weighted by Gasteiger charge is 2.33. The number of likely N-dealkylation sites (tertiary alicyclic amines) is 1. The first-order valence-corrected chi connectivity index (χ1v) is 11.9. The second-order valence-corrected chi connectivity index (χ2v) is 9.41. The number of hydrogen-bond donors (Lipinski definition) is 1. The number of rotatable bonds is 4. The van der Waals surface area contributed by atoms with Crippen molar-refractivity contribution < 1.29 is 14.3 Å². The first-order valence-electron chi connectivity index (χ1n) is 11.5. The fourth-order valence-electron chi connectivity index (χ4n) is 4.94. The number of amides is 2. The van der Waals surface area contributed by atoms with E-state index < -0.39 is 0 Å². The summed E-state index contributed by atoms with van der Waals surface area (Å²) in [6.45, 7) is 1.90. The van der Waals surface area contributed by atoms with Gasteiger partial charge in [0.1, 0.15) is 6.10 Å². The molecule has 8 nitrogen and oxygen atoms in total. The molecule has 1 aromatic heterocycles. The van der Waals surface area contributed by atoms with Gasteiger partial charge in [-0.3, -0.25) is 9.59 Å². The number of carbonyl (C=O) groups is 2. The molecule has 1 atom stereocenters. The van der Waals surface area contributed by atoms with Crippen LogP contribution in [0.25, 0.3) is 0 Å². The number of hydrogen-bond acceptors (Lipinski definition) is 5. The molecule has 0 bridgehead atoms. The molecule has 3 heterocycles. The second-order valence-electron chi connectivity index (χ2n) is 8.97. The maximum atomic E-state index is 13.1. The third-order valence-electron chi connectivity index (χ3n) is 6.90. The standard InChI is InChI=1S/C23H28ClN5O3/c24-17-7-5-15(6-8-17)20-13-29-19(14-32-20)21(26-27-29)23(31)28-11-9-16(10-12-28)22(30)25-18-3-1-2-4-18/h5-8,16,18,20H,1-4,9-14H2,(H,25,30)/t20-/m0/s1. The van der Waals surface area contributed by atoms with Crippen LogP contribution in [0.15, 0.2) is 24.3 Å². The maximum absolute atomic E-state index is 13.1. The molecule has 1 aliphatic carbocycles. The third-order valence-corrected chi connectivity index (χ3v) is 7.15. The normalized spacial score (nSPS) is 22.0. The Kier molecular flexibility index (Phi) is 6.15. The topological polar surface area (TPSA) is 89.4 Å². The molecule has 2 aliphatic heterocycles. The summed E-state index contributed by atoms with van der Waals surface area (Å²) < 4.78 is 7.77. The van der Waals surface area contributed by atoms with Gasteiger partial charge in [0.2, 0.25) is 5.91 Å². The molecule has 1 aromatic carbocycles. The molecule has 1 N–H and O–H groups in total. The van der Waals surface area contributed by atoms with Crippen LogP contribution in [0.3, 0.4) is 0 Å². The lowest BCUT2D eigenvalue weighted by Gasteiger charge is -2.32. The third kappa shape index (κ3) is 4.38. The first kappa shape index (κ1) is 21.4. The molecule has 3 aliphatic rings. The van der Waals surface area contributed by atoms with Crippen molar-refractivity contribution in [2.75, 3.05) is 13.1 Å². The van der Waals surface area contributed by atoms with Gasteiger partial charge < -0.3 is 15.0 Å². The fourth-order valence-corrected chi connectivity index (χ4v) is 5.07. The van der Waals surface area contributed by atoms with Gasteiger partial charge in [0.05, 0.1) is 18.8 Å². The van der Waals surface area contributed by atoms with Crippen LogP contribution in [-0.2, 0) is 22.7 Å². The Morgan fingerprint density at radius 3 is 2.50 bits per heavy atom. The molecule has 1 saturated heterocycles. The Bertz CT molecular complexity index is 978. The molecule has 0 unspecified atom stereocenters. The summed E-state index contributed by atoms with van der Waals surface area (Å²) in [7, 11) is 0. The van der Waals surface area contributed by atoms with Gasteiger partial charge in [0.25, 0.3) is 5.91 Å². The Balaban J connectivity index is 1.18. The van der Waals surface area contributed by atoms with Crippen molar-refractivity contribution in [2.45, 2.75) is 63.8 Å². The van der Waals surface area contributed by atoms with E-state index in [9.17, 15) is 9.59 Å². The van der Waals surface area contributed by atoms with Gasteiger partial charge in [-0.05, 0) is 43.4 Å². The van der Waals surface area contributed by atoms with Crippen molar-refractivity contribution in [2.24, 2.45) is 5.92 Å². The Hall–Kier alpha value is -2.45. The van der Waals surface area contributed by atoms with E-state index in [1.54, 1.807) is 9.58 Å². The van der Waals surface area contributed by atoms with Crippen molar-refractivity contribution >= 4 is 23.4 Å². The number of benzene rings is 1. The average Bonchev–Trinajstić information content (AvgIpc) is 3.48. The number of nitrogens with one attached hydrogen (secondary N) is 1. The molecule has 9 heteroatoms. The predicted molar refractivity (Wildman–Crippen MR) is 118 cm³/mol. The molecule has 2 fully saturated rings. The summed E-state index contributed by atoms with van der Waals surface area (Å²) in [4.78, 5) is 27.5. The van der Waals surface area contributed by atoms with E-state index in [2.05, 4.69) is 15.6 Å². The zero-order valence-corrected chi connectivity index (χ0v) is 18.8. The van der Waals surface area contributed by atoms with Crippen LogP contribution >= 0.6 is 11.6 Å². The van der Waals surface area contributed by atoms with Crippen LogP contribution in [0, 0.1) is 5.92 Å². The number of piperidine rings is 1. The number of carbonyl (C=O) groups excluding carboxylic acids is 2. The van der Waals surface area contributed by atoms with E-state index in [0.717, 1.165) is 18.4 Å². The van der Waals surface area contributed by atoms with Crippen molar-refractivity contribution in [1.29, 1.82) is 0 Å². The van der Waals surface area contributed by atoms with Gasteiger partial charge in [-0.15, -0.1) is 5.10 Å². The van der Waals surface area contributed by atoms with E-state index in [-0.39, 0.29) is 30.4 Å². The largest absolute Gasteiger partial charge is 0.365 e. The summed E-state index contributed by atoms with van der Waals surface area (Å²) in [5, 5.41) is 12.3. The average molecular weight is 458 g/mol. The monoisotopic (exact) mass is 457 g/mol. The maximum Gasteiger partial charge on any atom is 0.276 e. The minimum Gasteiger partial charge on any atom is -0.365 e. The molecular weight excluding hydrogens is 430 g/mol. The van der Waals surface area contributed by atoms with Crippen molar-refractivity contribution in [3.05, 3.63) is 46.2 Å². The first-order chi connectivity index (χ1) is 15.6. The lowest BCUT2D eigenvalue weighted by atomic mass is 9.95. The van der Waals surface area contributed by atoms with Crippen LogP contribution in [0.4, 0.5) is 0 Å². The van der Waals surface area contributed by atoms with Crippen LogP contribution in [0.5, 0.6) is 0 Å². The van der Waals surface area contributed by atoms with Crippen LogP contribution in [0.2, 0.25) is 5.02 Å². The van der Waals surface area contributed by atoms with Crippen LogP contribution < -0.4 is 5.32 Å². The van der Waals surface area contributed by atoms with Gasteiger partial charge in [0, 0.05) is 30.1 Å². The summed E-state index contributed by atoms with van der Waals surface area (Å²) in [5.74, 6) is -0.00160. The zero-order chi connectivity index (χ0) is 22.1. The molecular formula is C23H28ClN5O3. The summed E-state index contributed by atoms with van der Waals surface area (Å²) in [6, 6.07) is 7.89. The highest BCUT2D eigenvalue weighted by Crippen LogP contribution is 2.29. The van der Waals surface area contributed by atoms with E-state index in [1.165, 1.54) is 12.8 Å². The van der Waals surface area contributed by atoms with Crippen LogP contribution in [-0.4, -0.2) is 50.8 Å². The minimum atomic E-state index is -0.154. The predicted octanol–water partition coefficient (Wildman–Crippen LogP) is 3.11. The van der Waals surface area contributed by atoms with Gasteiger partial charge in [-0.1, -0.05) is 41.8 Å². The quantitative estimate of drug-likeness (QED) is 0.761. The van der Waals surface area contributed by atoms with Crippen molar-refractivity contribution in [3.8, 4) is 0 Å². The van der Waals surface area contributed by atoms with Crippen molar-refractivity contribution in [1.82, 2.24) is 25.2 Å². The lowest BCUT2D eigenvalue weighted by Crippen LogP contribution is -2.45. The van der Waals surface area contributed by atoms with Gasteiger partial charge in [0.15, 0.2) is 5.69 Å². The number of nitrogens with zero attached hydrogens (tertiary/aromatic N) is 4. The molecule has 5 rings (SSSR count). The summed E-state index contributed by atoms with van der Waals surface area (Å²) in [6.07, 6.45) is 5.78. The molecule has 1 saturated carbocycles. The molecule has 170 valence electrons. The number of halogens is 1. The van der Waals surface area contributed by atoms with E-state index in [4.69, 9.17) is 16.3 Å². The smallest absolute Gasteiger partial charge is 0.276 e. The van der Waals surface area contributed by atoms with Crippen molar-refractivity contribution in [3.63, 3.8) is 0 Å². The minimum absolute atomic E-state index is 0.0165. The molecule has 32 heavy (non-hydrogen) atoms. The van der Waals surface area contributed by atoms with Gasteiger partial charge in [-0.25, -0.2) is 4.68 Å². The molecule has 0 spiro atoms. The Labute approximate surface area is 192 Å². The summed E-state index contributed by atoms with van der Waals surface area (Å²) in [5.41, 5.74) is 2.08. The van der Waals surface area contributed by atoms with Gasteiger partial charge in [-0.2, -0.15) is 0 Å². The lowest BCUT2D eigenvalue weighted by molar-refractivity contribution is -0.127. The molecule has 0 radical (unpaired) electrons. The number of aromatic nitrogens is 3. The van der Waals surface area contributed by atoms with E-state index >= 15 is 0 Å². The van der Waals surface area contributed by atoms with E-state index in [0.29, 0.717) is 54.9 Å². The van der Waals surface area contributed by atoms with Gasteiger partial charge >= 0.3 is 0 Å². The van der Waals surface area contributed by atoms with E-state index in [1.807, 2.05) is 24.3 Å². The Morgan fingerprint density at radius 2 is 1.78 bits per heavy atom.